The molecule has 4 heteroatoms. The van der Waals surface area contributed by atoms with Gasteiger partial charge < -0.3 is 10.1 Å². The van der Waals surface area contributed by atoms with E-state index in [0.717, 1.165) is 38.9 Å². The summed E-state index contributed by atoms with van der Waals surface area (Å²) in [5.74, 6) is -0.0784. The molecule has 0 aromatic heterocycles. The molecular formula is C18H36N2O2. The van der Waals surface area contributed by atoms with Crippen LogP contribution in [0.25, 0.3) is 0 Å². The van der Waals surface area contributed by atoms with Gasteiger partial charge in [-0.1, -0.05) is 41.5 Å². The van der Waals surface area contributed by atoms with E-state index >= 15 is 0 Å². The van der Waals surface area contributed by atoms with E-state index in [2.05, 4.69) is 51.8 Å². The number of piperidine rings is 1. The Labute approximate surface area is 137 Å². The molecule has 130 valence electrons. The van der Waals surface area contributed by atoms with Crippen LogP contribution in [0.5, 0.6) is 0 Å². The van der Waals surface area contributed by atoms with E-state index in [1.807, 2.05) is 0 Å². The van der Waals surface area contributed by atoms with Crippen LogP contribution in [0.4, 0.5) is 0 Å². The average molecular weight is 312 g/mol. The summed E-state index contributed by atoms with van der Waals surface area (Å²) in [5, 5.41) is 3.64. The van der Waals surface area contributed by atoms with Gasteiger partial charge in [0.25, 0.3) is 0 Å². The van der Waals surface area contributed by atoms with Gasteiger partial charge in [0.15, 0.2) is 0 Å². The Balaban J connectivity index is 2.16. The Morgan fingerprint density at radius 2 is 1.68 bits per heavy atom. The van der Waals surface area contributed by atoms with E-state index in [0.29, 0.717) is 24.6 Å². The third kappa shape index (κ3) is 9.42. The number of rotatable bonds is 6. The molecular weight excluding hydrogens is 276 g/mol. The highest BCUT2D eigenvalue weighted by Gasteiger charge is 2.22. The lowest BCUT2D eigenvalue weighted by molar-refractivity contribution is -0.145. The maximum absolute atomic E-state index is 11.9. The number of carbonyl (C=O) groups is 1. The summed E-state index contributed by atoms with van der Waals surface area (Å²) in [4.78, 5) is 14.1. The minimum atomic E-state index is -0.0784. The van der Waals surface area contributed by atoms with Gasteiger partial charge in [0.1, 0.15) is 0 Å². The summed E-state index contributed by atoms with van der Waals surface area (Å²) in [6.45, 7) is 17.2. The standard InChI is InChI=1S/C18H36N2O2/c1-17(2,3)9-12-22-16(21)13-20-10-7-15(8-11-20)19-14-18(4,5)6/h15,19H,7-14H2,1-6H3. The molecule has 0 bridgehead atoms. The first-order chi connectivity index (χ1) is 10.1. The molecule has 0 atom stereocenters. The van der Waals surface area contributed by atoms with E-state index < -0.39 is 0 Å². The highest BCUT2D eigenvalue weighted by Crippen LogP contribution is 2.18. The SMILES string of the molecule is CC(C)(C)CCOC(=O)CN1CCC(NCC(C)(C)C)CC1. The summed E-state index contributed by atoms with van der Waals surface area (Å²) < 4.78 is 5.34. The number of carbonyl (C=O) groups excluding carboxylic acids is 1. The van der Waals surface area contributed by atoms with Crippen LogP contribution in [0, 0.1) is 10.8 Å². The molecule has 0 aliphatic carbocycles. The first kappa shape index (κ1) is 19.4. The number of nitrogens with one attached hydrogen (secondary N) is 1. The van der Waals surface area contributed by atoms with Gasteiger partial charge in [0, 0.05) is 25.7 Å². The highest BCUT2D eigenvalue weighted by molar-refractivity contribution is 5.71. The fourth-order valence-corrected chi connectivity index (χ4v) is 2.44. The molecule has 0 saturated carbocycles. The monoisotopic (exact) mass is 312 g/mol. The maximum atomic E-state index is 11.9. The Bertz CT molecular complexity index is 334. The second-order valence-electron chi connectivity index (χ2n) is 9.02. The van der Waals surface area contributed by atoms with Crippen molar-refractivity contribution in [1.29, 1.82) is 0 Å². The lowest BCUT2D eigenvalue weighted by atomic mass is 9.93. The van der Waals surface area contributed by atoms with Crippen LogP contribution in [0.15, 0.2) is 0 Å². The predicted octanol–water partition coefficient (Wildman–Crippen LogP) is 3.07. The lowest BCUT2D eigenvalue weighted by Gasteiger charge is -2.33. The summed E-state index contributed by atoms with van der Waals surface area (Å²) in [7, 11) is 0. The molecule has 1 saturated heterocycles. The third-order valence-electron chi connectivity index (χ3n) is 3.98. The minimum absolute atomic E-state index is 0.0784. The van der Waals surface area contributed by atoms with Crippen LogP contribution < -0.4 is 5.32 Å². The largest absolute Gasteiger partial charge is 0.465 e. The molecule has 0 spiro atoms. The van der Waals surface area contributed by atoms with Crippen LogP contribution in [0.3, 0.4) is 0 Å². The zero-order chi connectivity index (χ0) is 16.8. The molecule has 0 aromatic rings. The topological polar surface area (TPSA) is 41.6 Å². The summed E-state index contributed by atoms with van der Waals surface area (Å²) in [6.07, 6.45) is 3.15. The van der Waals surface area contributed by atoms with Crippen molar-refractivity contribution in [3.63, 3.8) is 0 Å². The van der Waals surface area contributed by atoms with Crippen LogP contribution in [-0.2, 0) is 9.53 Å². The van der Waals surface area contributed by atoms with Gasteiger partial charge in [-0.15, -0.1) is 0 Å². The van der Waals surface area contributed by atoms with Crippen LogP contribution >= 0.6 is 0 Å². The van der Waals surface area contributed by atoms with E-state index in [9.17, 15) is 4.79 Å². The van der Waals surface area contributed by atoms with Crippen molar-refractivity contribution in [2.45, 2.75) is 66.8 Å². The molecule has 1 aliphatic rings. The number of ether oxygens (including phenoxy) is 1. The van der Waals surface area contributed by atoms with Crippen molar-refractivity contribution in [1.82, 2.24) is 10.2 Å². The van der Waals surface area contributed by atoms with Gasteiger partial charge in [0.05, 0.1) is 13.2 Å². The van der Waals surface area contributed by atoms with E-state index in [-0.39, 0.29) is 11.4 Å². The van der Waals surface area contributed by atoms with Gasteiger partial charge in [0.2, 0.25) is 0 Å². The fraction of sp³-hybridized carbons (Fsp3) is 0.944. The number of likely N-dealkylation sites (tertiary alicyclic amines) is 1. The van der Waals surface area contributed by atoms with Crippen molar-refractivity contribution >= 4 is 5.97 Å². The van der Waals surface area contributed by atoms with Gasteiger partial charge in [-0.3, -0.25) is 9.69 Å². The van der Waals surface area contributed by atoms with Crippen molar-refractivity contribution in [3.05, 3.63) is 0 Å². The van der Waals surface area contributed by atoms with Crippen LogP contribution in [0.2, 0.25) is 0 Å². The van der Waals surface area contributed by atoms with Gasteiger partial charge in [-0.25, -0.2) is 0 Å². The smallest absolute Gasteiger partial charge is 0.320 e. The first-order valence-electron chi connectivity index (χ1n) is 8.66. The second kappa shape index (κ2) is 8.30. The molecule has 1 N–H and O–H groups in total. The molecule has 22 heavy (non-hydrogen) atoms. The Morgan fingerprint density at radius 3 is 2.18 bits per heavy atom. The molecule has 0 amide bonds. The zero-order valence-corrected chi connectivity index (χ0v) is 15.5. The van der Waals surface area contributed by atoms with Crippen LogP contribution in [-0.4, -0.2) is 49.7 Å². The van der Waals surface area contributed by atoms with Crippen molar-refractivity contribution in [2.24, 2.45) is 10.8 Å². The van der Waals surface area contributed by atoms with E-state index in [1.165, 1.54) is 0 Å². The molecule has 4 nitrogen and oxygen atoms in total. The Hall–Kier alpha value is -0.610. The van der Waals surface area contributed by atoms with Crippen molar-refractivity contribution in [2.75, 3.05) is 32.8 Å². The quantitative estimate of drug-likeness (QED) is 0.765. The highest BCUT2D eigenvalue weighted by atomic mass is 16.5. The normalized spacial score (nSPS) is 18.5. The number of nitrogens with zero attached hydrogens (tertiary/aromatic N) is 1. The summed E-state index contributed by atoms with van der Waals surface area (Å²) in [6, 6.07) is 0.590. The maximum Gasteiger partial charge on any atom is 0.320 e. The predicted molar refractivity (Wildman–Crippen MR) is 92.0 cm³/mol. The molecule has 1 fully saturated rings. The van der Waals surface area contributed by atoms with Crippen molar-refractivity contribution < 1.29 is 9.53 Å². The molecule has 1 rings (SSSR count). The molecule has 0 unspecified atom stereocenters. The fourth-order valence-electron chi connectivity index (χ4n) is 2.44. The summed E-state index contributed by atoms with van der Waals surface area (Å²) >= 11 is 0. The second-order valence-corrected chi connectivity index (χ2v) is 9.02. The van der Waals surface area contributed by atoms with E-state index in [4.69, 9.17) is 4.74 Å². The number of hydrogen-bond acceptors (Lipinski definition) is 4. The molecule has 0 aromatic carbocycles. The van der Waals surface area contributed by atoms with Gasteiger partial charge in [-0.05, 0) is 30.1 Å². The Kier molecular flexibility index (Phi) is 7.33. The summed E-state index contributed by atoms with van der Waals surface area (Å²) in [5.41, 5.74) is 0.547. The third-order valence-corrected chi connectivity index (χ3v) is 3.98. The van der Waals surface area contributed by atoms with Gasteiger partial charge >= 0.3 is 5.97 Å². The number of hydrogen-bond donors (Lipinski definition) is 1. The van der Waals surface area contributed by atoms with Crippen LogP contribution in [0.1, 0.15) is 60.8 Å². The lowest BCUT2D eigenvalue weighted by Crippen LogP contribution is -2.46. The Morgan fingerprint density at radius 1 is 1.09 bits per heavy atom. The molecule has 0 radical (unpaired) electrons. The first-order valence-corrected chi connectivity index (χ1v) is 8.66. The number of esters is 1. The minimum Gasteiger partial charge on any atom is -0.465 e. The van der Waals surface area contributed by atoms with Crippen molar-refractivity contribution in [3.8, 4) is 0 Å². The molecule has 1 aliphatic heterocycles. The van der Waals surface area contributed by atoms with E-state index in [1.54, 1.807) is 0 Å². The zero-order valence-electron chi connectivity index (χ0n) is 15.5. The molecule has 1 heterocycles. The average Bonchev–Trinajstić information content (AvgIpc) is 2.35. The van der Waals surface area contributed by atoms with Gasteiger partial charge in [-0.2, -0.15) is 0 Å².